The number of primary amides is 1. The van der Waals surface area contributed by atoms with Gasteiger partial charge in [0.1, 0.15) is 23.4 Å². The maximum atomic E-state index is 11.1. The first kappa shape index (κ1) is 20.3. The van der Waals surface area contributed by atoms with Crippen molar-refractivity contribution >= 4 is 18.5 Å². The number of rotatable bonds is 7. The molecule has 0 saturated heterocycles. The summed E-state index contributed by atoms with van der Waals surface area (Å²) in [6.07, 6.45) is 3.72. The molecule has 2 aromatic carbocycles. The van der Waals surface area contributed by atoms with Gasteiger partial charge in [-0.1, -0.05) is 24.3 Å². The molecule has 0 fully saturated rings. The lowest BCUT2D eigenvalue weighted by Gasteiger charge is -2.17. The molecule has 1 amide bonds. The van der Waals surface area contributed by atoms with Crippen LogP contribution in [0.4, 0.5) is 0 Å². The maximum absolute atomic E-state index is 11.1. The maximum Gasteiger partial charge on any atom is 0.218 e. The summed E-state index contributed by atoms with van der Waals surface area (Å²) in [7, 11) is 0. The standard InChI is InChI=1S/C24H24N2O3S/c1-15-20(6-3-13-26-15)29-21-5-2-4-18-19(21)11-12-22(18)28-17-9-7-16(8-10-17)23(30)14-24(25)27/h2-10,13,22-23,30H,11-12,14H2,1H3,(H2,25,27)/t22-,23?/m1/s1. The number of amides is 1. The van der Waals surface area contributed by atoms with E-state index in [1.807, 2.05) is 55.5 Å². The number of benzene rings is 2. The third kappa shape index (κ3) is 4.44. The van der Waals surface area contributed by atoms with Crippen molar-refractivity contribution in [1.29, 1.82) is 0 Å². The largest absolute Gasteiger partial charge is 0.486 e. The van der Waals surface area contributed by atoms with Crippen molar-refractivity contribution in [3.05, 3.63) is 83.2 Å². The van der Waals surface area contributed by atoms with Crippen LogP contribution in [0.25, 0.3) is 0 Å². The molecular formula is C24H24N2O3S. The second-order valence-electron chi connectivity index (χ2n) is 7.41. The Balaban J connectivity index is 1.49. The minimum Gasteiger partial charge on any atom is -0.486 e. The molecule has 0 spiro atoms. The number of carbonyl (C=O) groups excluding carboxylic acids is 1. The van der Waals surface area contributed by atoms with Gasteiger partial charge in [-0.3, -0.25) is 9.78 Å². The van der Waals surface area contributed by atoms with Gasteiger partial charge in [-0.15, -0.1) is 0 Å². The highest BCUT2D eigenvalue weighted by Crippen LogP contribution is 2.41. The quantitative estimate of drug-likeness (QED) is 0.522. The molecule has 2 N–H and O–H groups in total. The summed E-state index contributed by atoms with van der Waals surface area (Å²) in [4.78, 5) is 15.4. The number of hydrogen-bond acceptors (Lipinski definition) is 5. The van der Waals surface area contributed by atoms with Crippen LogP contribution in [0.3, 0.4) is 0 Å². The van der Waals surface area contributed by atoms with Gasteiger partial charge >= 0.3 is 0 Å². The molecule has 1 aromatic heterocycles. The molecule has 3 aromatic rings. The number of pyridine rings is 1. The molecule has 1 aliphatic rings. The van der Waals surface area contributed by atoms with Crippen LogP contribution >= 0.6 is 12.6 Å². The second-order valence-corrected chi connectivity index (χ2v) is 8.04. The normalized spacial score (nSPS) is 16.0. The van der Waals surface area contributed by atoms with Crippen LogP contribution in [0.1, 0.15) is 46.6 Å². The van der Waals surface area contributed by atoms with Gasteiger partial charge in [0.15, 0.2) is 0 Å². The Morgan fingerprint density at radius 2 is 1.93 bits per heavy atom. The molecule has 154 valence electrons. The van der Waals surface area contributed by atoms with Crippen LogP contribution in [-0.4, -0.2) is 10.9 Å². The second kappa shape index (κ2) is 8.79. The minimum atomic E-state index is -0.364. The lowest BCUT2D eigenvalue weighted by atomic mass is 10.1. The van der Waals surface area contributed by atoms with Crippen LogP contribution < -0.4 is 15.2 Å². The van der Waals surface area contributed by atoms with Gasteiger partial charge in [0.05, 0.1) is 5.69 Å². The smallest absolute Gasteiger partial charge is 0.218 e. The van der Waals surface area contributed by atoms with E-state index in [0.717, 1.165) is 46.9 Å². The molecule has 0 bridgehead atoms. The number of thiol groups is 1. The van der Waals surface area contributed by atoms with Crippen LogP contribution in [-0.2, 0) is 11.2 Å². The molecule has 0 saturated carbocycles. The highest BCUT2D eigenvalue weighted by atomic mass is 32.1. The molecule has 1 unspecified atom stereocenters. The average molecular weight is 421 g/mol. The van der Waals surface area contributed by atoms with Gasteiger partial charge in [-0.2, -0.15) is 12.6 Å². The Bertz CT molecular complexity index is 1050. The first-order chi connectivity index (χ1) is 14.5. The monoisotopic (exact) mass is 420 g/mol. The molecule has 0 radical (unpaired) electrons. The molecule has 1 heterocycles. The summed E-state index contributed by atoms with van der Waals surface area (Å²) in [5.74, 6) is 2.04. The Labute approximate surface area is 181 Å². The third-order valence-electron chi connectivity index (χ3n) is 5.29. The fourth-order valence-electron chi connectivity index (χ4n) is 3.74. The van der Waals surface area contributed by atoms with Crippen molar-refractivity contribution in [2.45, 2.75) is 37.5 Å². The van der Waals surface area contributed by atoms with Crippen molar-refractivity contribution < 1.29 is 14.3 Å². The Morgan fingerprint density at radius 3 is 2.67 bits per heavy atom. The zero-order chi connectivity index (χ0) is 21.1. The Kier molecular flexibility index (Phi) is 5.95. The number of carbonyl (C=O) groups is 1. The first-order valence-corrected chi connectivity index (χ1v) is 10.5. The van der Waals surface area contributed by atoms with Crippen molar-refractivity contribution in [2.24, 2.45) is 5.73 Å². The van der Waals surface area contributed by atoms with Gasteiger partial charge in [0.25, 0.3) is 0 Å². The van der Waals surface area contributed by atoms with Crippen molar-refractivity contribution in [3.8, 4) is 17.2 Å². The van der Waals surface area contributed by atoms with Gasteiger partial charge in [0, 0.05) is 23.4 Å². The number of aryl methyl sites for hydroxylation is 1. The fraction of sp³-hybridized carbons (Fsp3) is 0.250. The van der Waals surface area contributed by atoms with E-state index >= 15 is 0 Å². The van der Waals surface area contributed by atoms with Crippen molar-refractivity contribution in [2.75, 3.05) is 0 Å². The van der Waals surface area contributed by atoms with E-state index in [1.165, 1.54) is 5.56 Å². The average Bonchev–Trinajstić information content (AvgIpc) is 3.13. The lowest BCUT2D eigenvalue weighted by Crippen LogP contribution is -2.12. The van der Waals surface area contributed by atoms with Gasteiger partial charge < -0.3 is 15.2 Å². The zero-order valence-corrected chi connectivity index (χ0v) is 17.6. The molecule has 5 nitrogen and oxygen atoms in total. The molecule has 30 heavy (non-hydrogen) atoms. The first-order valence-electron chi connectivity index (χ1n) is 9.95. The molecule has 0 aliphatic heterocycles. The highest BCUT2D eigenvalue weighted by Gasteiger charge is 2.27. The Hall–Kier alpha value is -2.99. The Morgan fingerprint density at radius 1 is 1.17 bits per heavy atom. The summed E-state index contributed by atoms with van der Waals surface area (Å²) >= 11 is 4.45. The van der Waals surface area contributed by atoms with Crippen LogP contribution in [0.2, 0.25) is 0 Å². The summed E-state index contributed by atoms with van der Waals surface area (Å²) in [5, 5.41) is -0.209. The van der Waals surface area contributed by atoms with Crippen LogP contribution in [0.5, 0.6) is 17.2 Å². The summed E-state index contributed by atoms with van der Waals surface area (Å²) in [6.45, 7) is 1.94. The van der Waals surface area contributed by atoms with Crippen LogP contribution in [0.15, 0.2) is 60.8 Å². The number of fused-ring (bicyclic) bond motifs is 1. The topological polar surface area (TPSA) is 74.4 Å². The van der Waals surface area contributed by atoms with E-state index in [1.54, 1.807) is 6.20 Å². The SMILES string of the molecule is Cc1ncccc1Oc1cccc2c1CC[C@H]2Oc1ccc(C(S)CC(N)=O)cc1. The van der Waals surface area contributed by atoms with Gasteiger partial charge in [-0.25, -0.2) is 0 Å². The van der Waals surface area contributed by atoms with E-state index in [0.29, 0.717) is 0 Å². The van der Waals surface area contributed by atoms with E-state index in [2.05, 4.69) is 23.7 Å². The molecular weight excluding hydrogens is 396 g/mol. The van der Waals surface area contributed by atoms with E-state index in [-0.39, 0.29) is 23.7 Å². The number of nitrogens with zero attached hydrogens (tertiary/aromatic N) is 1. The van der Waals surface area contributed by atoms with E-state index in [9.17, 15) is 4.79 Å². The molecule has 2 atom stereocenters. The van der Waals surface area contributed by atoms with E-state index < -0.39 is 0 Å². The summed E-state index contributed by atoms with van der Waals surface area (Å²) in [5.41, 5.74) is 9.39. The van der Waals surface area contributed by atoms with Crippen molar-refractivity contribution in [3.63, 3.8) is 0 Å². The molecule has 6 heteroatoms. The number of ether oxygens (including phenoxy) is 2. The summed E-state index contributed by atoms with van der Waals surface area (Å²) in [6, 6.07) is 17.6. The molecule has 1 aliphatic carbocycles. The lowest BCUT2D eigenvalue weighted by molar-refractivity contribution is -0.118. The summed E-state index contributed by atoms with van der Waals surface area (Å²) < 4.78 is 12.4. The predicted molar refractivity (Wildman–Crippen MR) is 119 cm³/mol. The fourth-order valence-corrected chi connectivity index (χ4v) is 4.09. The van der Waals surface area contributed by atoms with Gasteiger partial charge in [-0.05, 0) is 61.2 Å². The highest BCUT2D eigenvalue weighted by molar-refractivity contribution is 7.80. The number of nitrogens with two attached hydrogens (primary N) is 1. The minimum absolute atomic E-state index is 0.0261. The van der Waals surface area contributed by atoms with Gasteiger partial charge in [0.2, 0.25) is 5.91 Å². The van der Waals surface area contributed by atoms with E-state index in [4.69, 9.17) is 15.2 Å². The number of aromatic nitrogens is 1. The van der Waals surface area contributed by atoms with Crippen LogP contribution in [0, 0.1) is 6.92 Å². The zero-order valence-electron chi connectivity index (χ0n) is 16.7. The predicted octanol–water partition coefficient (Wildman–Crippen LogP) is 5.09. The third-order valence-corrected chi connectivity index (χ3v) is 5.77. The van der Waals surface area contributed by atoms with Crippen molar-refractivity contribution in [1.82, 2.24) is 4.98 Å². The molecule has 4 rings (SSSR count). The number of hydrogen-bond donors (Lipinski definition) is 2.